The standard InChI is InChI=1S/C16H18F3NO/c1-11(21-16(17,18)19)13-6-8-15(9-7-13)14-4-2-12(10-20)3-5-14/h2-5,11,13,15H,6-9H2,1H3. The summed E-state index contributed by atoms with van der Waals surface area (Å²) in [4.78, 5) is 0. The molecule has 0 aromatic heterocycles. The van der Waals surface area contributed by atoms with E-state index < -0.39 is 12.5 Å². The van der Waals surface area contributed by atoms with Crippen LogP contribution in [0, 0.1) is 17.2 Å². The first-order valence-electron chi connectivity index (χ1n) is 7.13. The van der Waals surface area contributed by atoms with Gasteiger partial charge in [-0.25, -0.2) is 0 Å². The molecule has 1 aliphatic carbocycles. The summed E-state index contributed by atoms with van der Waals surface area (Å²) < 4.78 is 40.8. The van der Waals surface area contributed by atoms with Crippen molar-refractivity contribution < 1.29 is 17.9 Å². The highest BCUT2D eigenvalue weighted by molar-refractivity contribution is 5.33. The van der Waals surface area contributed by atoms with Gasteiger partial charge in [0.25, 0.3) is 0 Å². The van der Waals surface area contributed by atoms with E-state index in [2.05, 4.69) is 10.8 Å². The molecule has 2 nitrogen and oxygen atoms in total. The van der Waals surface area contributed by atoms with Crippen LogP contribution >= 0.6 is 0 Å². The average molecular weight is 297 g/mol. The van der Waals surface area contributed by atoms with Gasteiger partial charge in [0.2, 0.25) is 0 Å². The third kappa shape index (κ3) is 4.47. The molecule has 0 bridgehead atoms. The highest BCUT2D eigenvalue weighted by atomic mass is 19.4. The lowest BCUT2D eigenvalue weighted by atomic mass is 9.77. The molecule has 1 atom stereocenters. The lowest BCUT2D eigenvalue weighted by molar-refractivity contribution is -0.346. The largest absolute Gasteiger partial charge is 0.522 e. The van der Waals surface area contributed by atoms with Crippen molar-refractivity contribution in [1.29, 1.82) is 5.26 Å². The number of alkyl halides is 3. The summed E-state index contributed by atoms with van der Waals surface area (Å²) in [7, 11) is 0. The van der Waals surface area contributed by atoms with Gasteiger partial charge in [0.15, 0.2) is 0 Å². The number of halogens is 3. The Morgan fingerprint density at radius 2 is 1.71 bits per heavy atom. The summed E-state index contributed by atoms with van der Waals surface area (Å²) >= 11 is 0. The van der Waals surface area contributed by atoms with E-state index in [0.717, 1.165) is 31.2 Å². The van der Waals surface area contributed by atoms with E-state index in [4.69, 9.17) is 5.26 Å². The maximum atomic E-state index is 12.2. The third-order valence-electron chi connectivity index (χ3n) is 4.27. The quantitative estimate of drug-likeness (QED) is 0.806. The van der Waals surface area contributed by atoms with Crippen LogP contribution in [-0.2, 0) is 4.74 Å². The third-order valence-corrected chi connectivity index (χ3v) is 4.27. The molecule has 0 amide bonds. The molecule has 0 spiro atoms. The number of hydrogen-bond acceptors (Lipinski definition) is 2. The Labute approximate surface area is 122 Å². The van der Waals surface area contributed by atoms with Gasteiger partial charge in [-0.1, -0.05) is 12.1 Å². The highest BCUT2D eigenvalue weighted by Crippen LogP contribution is 2.38. The zero-order valence-electron chi connectivity index (χ0n) is 11.9. The Bertz CT molecular complexity index is 496. The second-order valence-corrected chi connectivity index (χ2v) is 5.61. The van der Waals surface area contributed by atoms with Gasteiger partial charge < -0.3 is 0 Å². The van der Waals surface area contributed by atoms with Crippen molar-refractivity contribution in [2.24, 2.45) is 5.92 Å². The predicted molar refractivity (Wildman–Crippen MR) is 72.5 cm³/mol. The fourth-order valence-corrected chi connectivity index (χ4v) is 3.06. The molecule has 0 heterocycles. The molecule has 0 aliphatic heterocycles. The minimum atomic E-state index is -4.55. The van der Waals surface area contributed by atoms with Gasteiger partial charge in [-0.2, -0.15) is 5.26 Å². The molecule has 2 rings (SSSR count). The fourth-order valence-electron chi connectivity index (χ4n) is 3.06. The summed E-state index contributed by atoms with van der Waals surface area (Å²) in [5.41, 5.74) is 1.79. The first kappa shape index (κ1) is 15.8. The molecular weight excluding hydrogens is 279 g/mol. The molecule has 1 saturated carbocycles. The summed E-state index contributed by atoms with van der Waals surface area (Å²) in [6.45, 7) is 1.50. The van der Waals surface area contributed by atoms with Crippen molar-refractivity contribution in [2.45, 2.75) is 51.0 Å². The summed E-state index contributed by atoms with van der Waals surface area (Å²) in [5.74, 6) is 0.327. The van der Waals surface area contributed by atoms with Crippen molar-refractivity contribution in [3.8, 4) is 6.07 Å². The Morgan fingerprint density at radius 3 is 2.19 bits per heavy atom. The molecule has 0 N–H and O–H groups in total. The average Bonchev–Trinajstić information content (AvgIpc) is 2.46. The topological polar surface area (TPSA) is 33.0 Å². The number of ether oxygens (including phenoxy) is 1. The Morgan fingerprint density at radius 1 is 1.14 bits per heavy atom. The Balaban J connectivity index is 1.89. The molecule has 5 heteroatoms. The maximum absolute atomic E-state index is 12.2. The molecule has 0 saturated heterocycles. The number of nitrogens with zero attached hydrogens (tertiary/aromatic N) is 1. The second kappa shape index (κ2) is 6.48. The number of hydrogen-bond donors (Lipinski definition) is 0. The fraction of sp³-hybridized carbons (Fsp3) is 0.562. The van der Waals surface area contributed by atoms with E-state index in [1.54, 1.807) is 12.1 Å². The molecule has 21 heavy (non-hydrogen) atoms. The number of rotatable bonds is 3. The summed E-state index contributed by atoms with van der Waals surface area (Å²) in [5, 5.41) is 8.77. The zero-order valence-corrected chi connectivity index (χ0v) is 11.9. The smallest absolute Gasteiger partial charge is 0.289 e. The highest BCUT2D eigenvalue weighted by Gasteiger charge is 2.36. The molecule has 1 aromatic carbocycles. The van der Waals surface area contributed by atoms with Crippen LogP contribution in [0.3, 0.4) is 0 Å². The first-order chi connectivity index (χ1) is 9.89. The van der Waals surface area contributed by atoms with Gasteiger partial charge in [0.05, 0.1) is 17.7 Å². The SMILES string of the molecule is CC(OC(F)(F)F)C1CCC(c2ccc(C#N)cc2)CC1. The molecule has 1 aromatic rings. The van der Waals surface area contributed by atoms with Crippen LogP contribution < -0.4 is 0 Å². The summed E-state index contributed by atoms with van der Waals surface area (Å²) in [6.07, 6.45) is -2.13. The van der Waals surface area contributed by atoms with Crippen molar-refractivity contribution in [3.05, 3.63) is 35.4 Å². The lowest BCUT2D eigenvalue weighted by Crippen LogP contribution is -2.30. The van der Waals surface area contributed by atoms with E-state index in [9.17, 15) is 13.2 Å². The van der Waals surface area contributed by atoms with E-state index in [1.807, 2.05) is 12.1 Å². The zero-order chi connectivity index (χ0) is 15.5. The van der Waals surface area contributed by atoms with Crippen LogP contribution in [0.1, 0.15) is 49.7 Å². The Kier molecular flexibility index (Phi) is 4.89. The van der Waals surface area contributed by atoms with Crippen LogP contribution in [0.2, 0.25) is 0 Å². The molecule has 1 aliphatic rings. The number of benzene rings is 1. The second-order valence-electron chi connectivity index (χ2n) is 5.61. The van der Waals surface area contributed by atoms with Gasteiger partial charge in [-0.05, 0) is 62.1 Å². The normalized spacial score (nSPS) is 24.3. The van der Waals surface area contributed by atoms with E-state index in [0.29, 0.717) is 11.5 Å². The van der Waals surface area contributed by atoms with Crippen molar-refractivity contribution in [1.82, 2.24) is 0 Å². The Hall–Kier alpha value is -1.54. The molecule has 0 radical (unpaired) electrons. The van der Waals surface area contributed by atoms with Crippen LogP contribution in [0.5, 0.6) is 0 Å². The van der Waals surface area contributed by atoms with E-state index in [-0.39, 0.29) is 5.92 Å². The minimum Gasteiger partial charge on any atom is -0.289 e. The van der Waals surface area contributed by atoms with E-state index in [1.165, 1.54) is 6.92 Å². The van der Waals surface area contributed by atoms with Crippen molar-refractivity contribution >= 4 is 0 Å². The molecule has 1 fully saturated rings. The monoisotopic (exact) mass is 297 g/mol. The van der Waals surface area contributed by atoms with Crippen LogP contribution in [0.25, 0.3) is 0 Å². The van der Waals surface area contributed by atoms with Gasteiger partial charge >= 0.3 is 6.36 Å². The van der Waals surface area contributed by atoms with Crippen LogP contribution in [0.4, 0.5) is 13.2 Å². The van der Waals surface area contributed by atoms with Crippen LogP contribution in [-0.4, -0.2) is 12.5 Å². The maximum Gasteiger partial charge on any atom is 0.522 e. The predicted octanol–water partition coefficient (Wildman–Crippen LogP) is 4.76. The number of nitriles is 1. The van der Waals surface area contributed by atoms with Crippen molar-refractivity contribution in [3.63, 3.8) is 0 Å². The van der Waals surface area contributed by atoms with Crippen LogP contribution in [0.15, 0.2) is 24.3 Å². The minimum absolute atomic E-state index is 0.0405. The van der Waals surface area contributed by atoms with Gasteiger partial charge in [-0.3, -0.25) is 4.74 Å². The summed E-state index contributed by atoms with van der Waals surface area (Å²) in [6, 6.07) is 9.54. The first-order valence-corrected chi connectivity index (χ1v) is 7.13. The van der Waals surface area contributed by atoms with Gasteiger partial charge in [0.1, 0.15) is 0 Å². The molecule has 1 unspecified atom stereocenters. The van der Waals surface area contributed by atoms with Gasteiger partial charge in [0, 0.05) is 0 Å². The molecular formula is C16H18F3NO. The van der Waals surface area contributed by atoms with E-state index >= 15 is 0 Å². The lowest BCUT2D eigenvalue weighted by Gasteiger charge is -2.32. The van der Waals surface area contributed by atoms with Crippen molar-refractivity contribution in [2.75, 3.05) is 0 Å². The molecule has 114 valence electrons. The van der Waals surface area contributed by atoms with Gasteiger partial charge in [-0.15, -0.1) is 13.2 Å².